The molecule has 0 heterocycles. The summed E-state index contributed by atoms with van der Waals surface area (Å²) in [7, 11) is 0. The van der Waals surface area contributed by atoms with Crippen molar-refractivity contribution in [1.29, 1.82) is 0 Å². The van der Waals surface area contributed by atoms with Gasteiger partial charge in [-0.3, -0.25) is 0 Å². The Morgan fingerprint density at radius 2 is 1.12 bits per heavy atom. The van der Waals surface area contributed by atoms with Crippen LogP contribution in [-0.4, -0.2) is 32.4 Å². The Hall–Kier alpha value is -2.36. The van der Waals surface area contributed by atoms with Crippen LogP contribution >= 0.6 is 31.9 Å². The molecule has 2 aromatic carbocycles. The van der Waals surface area contributed by atoms with Gasteiger partial charge in [0.15, 0.2) is 0 Å². The van der Waals surface area contributed by atoms with E-state index >= 15 is 0 Å². The summed E-state index contributed by atoms with van der Waals surface area (Å²) in [6.45, 7) is 2.17. The average Bonchev–Trinajstić information content (AvgIpc) is 2.75. The fraction of sp³-hybridized carbons (Fsp3) is 0.360. The Kier molecular flexibility index (Phi) is 12.3. The van der Waals surface area contributed by atoms with Crippen molar-refractivity contribution >= 4 is 49.4 Å². The van der Waals surface area contributed by atoms with E-state index in [1.165, 1.54) is 37.8 Å². The van der Waals surface area contributed by atoms with Crippen LogP contribution in [0.5, 0.6) is 11.5 Å². The zero-order valence-corrected chi connectivity index (χ0v) is 22.3. The molecule has 2 aromatic rings. The SMILES string of the molecule is CCCCCCCCCC=C(c1cc(Br)cc(C(=O)O)c1O)c1cc(Br)cc(C(=O)O)c1O.N. The first-order valence-electron chi connectivity index (χ1n) is 10.9. The summed E-state index contributed by atoms with van der Waals surface area (Å²) in [5, 5.41) is 40.4. The van der Waals surface area contributed by atoms with Gasteiger partial charge >= 0.3 is 11.9 Å². The molecular weight excluding hydrogens is 570 g/mol. The highest BCUT2D eigenvalue weighted by atomic mass is 79.9. The highest BCUT2D eigenvalue weighted by molar-refractivity contribution is 9.10. The maximum absolute atomic E-state index is 11.6. The molecule has 0 radical (unpaired) electrons. The molecule has 0 saturated carbocycles. The van der Waals surface area contributed by atoms with E-state index in [1.54, 1.807) is 12.1 Å². The van der Waals surface area contributed by atoms with Crippen molar-refractivity contribution in [2.24, 2.45) is 0 Å². The summed E-state index contributed by atoms with van der Waals surface area (Å²) in [6.07, 6.45) is 10.2. The number of carbonyl (C=O) groups is 2. The quantitative estimate of drug-likeness (QED) is 0.156. The van der Waals surface area contributed by atoms with Gasteiger partial charge in [-0.2, -0.15) is 0 Å². The number of hydrogen-bond acceptors (Lipinski definition) is 5. The number of carboxylic acid groups (broad SMARTS) is 2. The lowest BCUT2D eigenvalue weighted by molar-refractivity contribution is 0.0682. The molecule has 7 N–H and O–H groups in total. The Morgan fingerprint density at radius 1 is 0.735 bits per heavy atom. The normalized spacial score (nSPS) is 10.4. The van der Waals surface area contributed by atoms with Crippen LogP contribution in [0.4, 0.5) is 0 Å². The molecule has 7 nitrogen and oxygen atoms in total. The molecule has 186 valence electrons. The molecule has 0 aliphatic heterocycles. The van der Waals surface area contributed by atoms with Crippen LogP contribution in [-0.2, 0) is 0 Å². The van der Waals surface area contributed by atoms with Gasteiger partial charge < -0.3 is 26.6 Å². The van der Waals surface area contributed by atoms with E-state index in [1.807, 2.05) is 6.08 Å². The van der Waals surface area contributed by atoms with Gasteiger partial charge in [0.05, 0.1) is 0 Å². The zero-order valence-electron chi connectivity index (χ0n) is 19.1. The van der Waals surface area contributed by atoms with Crippen molar-refractivity contribution in [2.75, 3.05) is 0 Å². The highest BCUT2D eigenvalue weighted by Crippen LogP contribution is 2.41. The van der Waals surface area contributed by atoms with Crippen molar-refractivity contribution in [3.63, 3.8) is 0 Å². The van der Waals surface area contributed by atoms with Gasteiger partial charge in [0, 0.05) is 20.1 Å². The number of rotatable bonds is 12. The number of phenols is 2. The molecule has 34 heavy (non-hydrogen) atoms. The van der Waals surface area contributed by atoms with Crippen LogP contribution in [0.2, 0.25) is 0 Å². The van der Waals surface area contributed by atoms with Crippen LogP contribution in [0.1, 0.15) is 90.1 Å². The third kappa shape index (κ3) is 7.85. The summed E-state index contributed by atoms with van der Waals surface area (Å²) in [5.74, 6) is -3.50. The molecule has 0 spiro atoms. The number of unbranched alkanes of at least 4 members (excludes halogenated alkanes) is 7. The van der Waals surface area contributed by atoms with E-state index < -0.39 is 23.4 Å². The van der Waals surface area contributed by atoms with Crippen molar-refractivity contribution in [3.05, 3.63) is 61.5 Å². The molecule has 0 unspecified atom stereocenters. The maximum atomic E-state index is 11.6. The summed E-state index contributed by atoms with van der Waals surface area (Å²) in [5.41, 5.74) is 0.149. The summed E-state index contributed by atoms with van der Waals surface area (Å²) in [6, 6.07) is 5.69. The lowest BCUT2D eigenvalue weighted by Gasteiger charge is -2.16. The van der Waals surface area contributed by atoms with Crippen LogP contribution < -0.4 is 6.15 Å². The van der Waals surface area contributed by atoms with Crippen LogP contribution in [0.3, 0.4) is 0 Å². The second-order valence-corrected chi connectivity index (χ2v) is 9.67. The molecule has 0 bridgehead atoms. The molecule has 0 aliphatic carbocycles. The minimum atomic E-state index is -1.30. The summed E-state index contributed by atoms with van der Waals surface area (Å²) < 4.78 is 0.866. The molecule has 0 amide bonds. The molecule has 0 fully saturated rings. The summed E-state index contributed by atoms with van der Waals surface area (Å²) in [4.78, 5) is 23.2. The minimum absolute atomic E-state index is 0. The highest BCUT2D eigenvalue weighted by Gasteiger charge is 2.23. The smallest absolute Gasteiger partial charge is 0.339 e. The lowest BCUT2D eigenvalue weighted by Crippen LogP contribution is -2.03. The van der Waals surface area contributed by atoms with Crippen molar-refractivity contribution in [2.45, 2.75) is 58.3 Å². The Morgan fingerprint density at radius 3 is 1.53 bits per heavy atom. The number of carboxylic acids is 2. The van der Waals surface area contributed by atoms with E-state index in [-0.39, 0.29) is 28.4 Å². The number of benzene rings is 2. The molecule has 9 heteroatoms. The largest absolute Gasteiger partial charge is 0.506 e. The van der Waals surface area contributed by atoms with Gasteiger partial charge in [-0.1, -0.05) is 83.4 Å². The molecule has 2 rings (SSSR count). The number of aromatic carboxylic acids is 2. The second-order valence-electron chi connectivity index (χ2n) is 7.84. The molecule has 0 aliphatic rings. The first-order valence-corrected chi connectivity index (χ1v) is 12.5. The Bertz CT molecular complexity index is 981. The van der Waals surface area contributed by atoms with Crippen LogP contribution in [0.15, 0.2) is 39.3 Å². The van der Waals surface area contributed by atoms with Crippen molar-refractivity contribution in [1.82, 2.24) is 6.15 Å². The van der Waals surface area contributed by atoms with Crippen molar-refractivity contribution in [3.8, 4) is 11.5 Å². The Balaban J connectivity index is 0.00000578. The molecule has 0 atom stereocenters. The third-order valence-electron chi connectivity index (χ3n) is 5.35. The molecule has 0 aromatic heterocycles. The van der Waals surface area contributed by atoms with E-state index in [0.717, 1.165) is 19.3 Å². The van der Waals surface area contributed by atoms with E-state index in [2.05, 4.69) is 38.8 Å². The van der Waals surface area contributed by atoms with E-state index in [4.69, 9.17) is 0 Å². The minimum Gasteiger partial charge on any atom is -0.506 e. The first-order chi connectivity index (χ1) is 15.7. The fourth-order valence-corrected chi connectivity index (χ4v) is 4.56. The lowest BCUT2D eigenvalue weighted by atomic mass is 9.92. The van der Waals surface area contributed by atoms with Gasteiger partial charge in [-0.15, -0.1) is 0 Å². The number of allylic oxidation sites excluding steroid dienone is 1. The zero-order chi connectivity index (χ0) is 24.5. The maximum Gasteiger partial charge on any atom is 0.339 e. The molecular formula is C25H31Br2NO6. The average molecular weight is 601 g/mol. The Labute approximate surface area is 216 Å². The second kappa shape index (κ2) is 14.1. The number of aromatic hydroxyl groups is 2. The van der Waals surface area contributed by atoms with E-state index in [0.29, 0.717) is 20.9 Å². The third-order valence-corrected chi connectivity index (χ3v) is 6.26. The monoisotopic (exact) mass is 599 g/mol. The predicted octanol–water partition coefficient (Wildman–Crippen LogP) is 7.75. The van der Waals surface area contributed by atoms with Crippen LogP contribution in [0, 0.1) is 0 Å². The van der Waals surface area contributed by atoms with Gasteiger partial charge in [0.25, 0.3) is 0 Å². The van der Waals surface area contributed by atoms with Crippen LogP contribution in [0.25, 0.3) is 5.57 Å². The van der Waals surface area contributed by atoms with E-state index in [9.17, 15) is 30.0 Å². The summed E-state index contributed by atoms with van der Waals surface area (Å²) >= 11 is 6.56. The first kappa shape index (κ1) is 29.7. The standard InChI is InChI=1S/C25H28Br2O6.H3N/c1-2-3-4-5-6-7-8-9-10-17(18-11-15(26)13-20(22(18)28)24(30)31)19-12-16(27)14-21(23(19)29)25(32)33;/h10-14,28-29H,2-9H2,1H3,(H,30,31)(H,32,33);1H3. The van der Waals surface area contributed by atoms with Gasteiger partial charge in [-0.25, -0.2) is 9.59 Å². The van der Waals surface area contributed by atoms with Gasteiger partial charge in [-0.05, 0) is 42.7 Å². The topological polar surface area (TPSA) is 150 Å². The van der Waals surface area contributed by atoms with Crippen molar-refractivity contribution < 1.29 is 30.0 Å². The predicted molar refractivity (Wildman–Crippen MR) is 140 cm³/mol. The van der Waals surface area contributed by atoms with Gasteiger partial charge in [0.1, 0.15) is 22.6 Å². The molecule has 0 saturated heterocycles. The number of halogens is 2. The van der Waals surface area contributed by atoms with Gasteiger partial charge in [0.2, 0.25) is 0 Å². The fourth-order valence-electron chi connectivity index (χ4n) is 3.65. The number of hydrogen-bond donors (Lipinski definition) is 5.